The van der Waals surface area contributed by atoms with E-state index in [1.807, 2.05) is 0 Å². The van der Waals surface area contributed by atoms with E-state index in [-0.39, 0.29) is 0 Å². The number of hydrogen-bond donors (Lipinski definition) is 2. The molecule has 4 N–H and O–H groups in total. The minimum absolute atomic E-state index is 0.402. The Morgan fingerprint density at radius 2 is 2.00 bits per heavy atom. The zero-order chi connectivity index (χ0) is 8.65. The molecule has 11 heavy (non-hydrogen) atoms. The van der Waals surface area contributed by atoms with Crippen molar-refractivity contribution in [3.63, 3.8) is 0 Å². The zero-order valence-corrected chi connectivity index (χ0v) is 5.57. The molecule has 5 heteroatoms. The molecule has 0 aromatic rings. The predicted molar refractivity (Wildman–Crippen MR) is 34.2 cm³/mol. The van der Waals surface area contributed by atoms with Gasteiger partial charge in [0, 0.05) is 0 Å². The molecule has 0 fully saturated rings. The van der Waals surface area contributed by atoms with Gasteiger partial charge >= 0.3 is 0 Å². The molecule has 0 heterocycles. The Kier molecular flexibility index (Phi) is 1.67. The fourth-order valence-corrected chi connectivity index (χ4v) is 0.747. The lowest BCUT2D eigenvalue weighted by Gasteiger charge is -2.21. The first-order chi connectivity index (χ1) is 4.93. The highest BCUT2D eigenvalue weighted by molar-refractivity contribution is 5.31. The molecule has 1 aliphatic carbocycles. The van der Waals surface area contributed by atoms with Gasteiger partial charge in [0.25, 0.3) is 0 Å². The van der Waals surface area contributed by atoms with Gasteiger partial charge in [0.15, 0.2) is 5.83 Å². The molecule has 1 unspecified atom stereocenters. The largest absolute Gasteiger partial charge is 0.397 e. The van der Waals surface area contributed by atoms with Crippen molar-refractivity contribution in [3.05, 3.63) is 23.4 Å². The standard InChI is InChI=1S/C6H7F3N2/c7-3-2-6(9,11)5(8)1-4(3)10/h1H,2,10-11H2. The number of halogens is 3. The maximum Gasteiger partial charge on any atom is 0.217 e. The Bertz CT molecular complexity index is 242. The summed E-state index contributed by atoms with van der Waals surface area (Å²) in [6, 6.07) is 0. The number of rotatable bonds is 0. The SMILES string of the molecule is NC1=C(F)CC(N)(F)C(F)=C1. The third kappa shape index (κ3) is 1.37. The van der Waals surface area contributed by atoms with E-state index >= 15 is 0 Å². The third-order valence-electron chi connectivity index (χ3n) is 1.40. The molecule has 0 amide bonds. The summed E-state index contributed by atoms with van der Waals surface area (Å²) in [5, 5.41) is 0. The van der Waals surface area contributed by atoms with Crippen molar-refractivity contribution in [2.75, 3.05) is 0 Å². The summed E-state index contributed by atoms with van der Waals surface area (Å²) in [5.74, 6) is -4.89. The van der Waals surface area contributed by atoms with E-state index in [2.05, 4.69) is 0 Å². The van der Waals surface area contributed by atoms with Crippen LogP contribution in [0.25, 0.3) is 0 Å². The van der Waals surface area contributed by atoms with E-state index in [0.29, 0.717) is 6.08 Å². The molecule has 1 rings (SSSR count). The second-order valence-corrected chi connectivity index (χ2v) is 2.39. The molecule has 0 aliphatic heterocycles. The van der Waals surface area contributed by atoms with Crippen LogP contribution >= 0.6 is 0 Å². The number of alkyl halides is 1. The Balaban J connectivity index is 3.01. The third-order valence-corrected chi connectivity index (χ3v) is 1.40. The molecule has 0 saturated heterocycles. The highest BCUT2D eigenvalue weighted by Crippen LogP contribution is 2.31. The average Bonchev–Trinajstić information content (AvgIpc) is 1.83. The van der Waals surface area contributed by atoms with Crippen molar-refractivity contribution in [2.24, 2.45) is 11.5 Å². The van der Waals surface area contributed by atoms with Crippen LogP contribution in [-0.4, -0.2) is 5.79 Å². The summed E-state index contributed by atoms with van der Waals surface area (Å²) < 4.78 is 37.6. The van der Waals surface area contributed by atoms with Crippen LogP contribution in [-0.2, 0) is 0 Å². The first-order valence-corrected chi connectivity index (χ1v) is 2.93. The second-order valence-electron chi connectivity index (χ2n) is 2.39. The summed E-state index contributed by atoms with van der Waals surface area (Å²) in [6.45, 7) is 0. The molecule has 62 valence electrons. The van der Waals surface area contributed by atoms with Gasteiger partial charge in [-0.2, -0.15) is 0 Å². The monoisotopic (exact) mass is 164 g/mol. The van der Waals surface area contributed by atoms with Gasteiger partial charge in [0.2, 0.25) is 5.79 Å². The summed E-state index contributed by atoms with van der Waals surface area (Å²) in [6.07, 6.45) is -0.278. The summed E-state index contributed by atoms with van der Waals surface area (Å²) in [7, 11) is 0. The van der Waals surface area contributed by atoms with Crippen LogP contribution in [0.5, 0.6) is 0 Å². The lowest BCUT2D eigenvalue weighted by atomic mass is 10.0. The van der Waals surface area contributed by atoms with Crippen LogP contribution < -0.4 is 11.5 Å². The predicted octanol–water partition coefficient (Wildman–Crippen LogP) is 1.01. The Labute approximate surface area is 61.4 Å². The van der Waals surface area contributed by atoms with Crippen LogP contribution in [0.15, 0.2) is 23.4 Å². The van der Waals surface area contributed by atoms with E-state index in [1.165, 1.54) is 0 Å². The molecule has 0 radical (unpaired) electrons. The fourth-order valence-electron chi connectivity index (χ4n) is 0.747. The van der Waals surface area contributed by atoms with E-state index in [4.69, 9.17) is 11.5 Å². The molecule has 1 atom stereocenters. The second kappa shape index (κ2) is 2.27. The van der Waals surface area contributed by atoms with Crippen molar-refractivity contribution < 1.29 is 13.2 Å². The Hall–Kier alpha value is -0.970. The van der Waals surface area contributed by atoms with Gasteiger partial charge in [-0.25, -0.2) is 13.2 Å². The van der Waals surface area contributed by atoms with Crippen LogP contribution in [0.4, 0.5) is 13.2 Å². The molecule has 0 aromatic heterocycles. The van der Waals surface area contributed by atoms with Gasteiger partial charge in [0.05, 0.1) is 12.1 Å². The molecule has 0 bridgehead atoms. The van der Waals surface area contributed by atoms with Gasteiger partial charge < -0.3 is 5.73 Å². The van der Waals surface area contributed by atoms with Gasteiger partial charge in [-0.05, 0) is 6.08 Å². The quantitative estimate of drug-likeness (QED) is 0.525. The van der Waals surface area contributed by atoms with Crippen molar-refractivity contribution in [1.82, 2.24) is 0 Å². The molecule has 2 nitrogen and oxygen atoms in total. The minimum atomic E-state index is -2.73. The Morgan fingerprint density at radius 3 is 2.45 bits per heavy atom. The number of allylic oxidation sites excluding steroid dienone is 1. The summed E-state index contributed by atoms with van der Waals surface area (Å²) >= 11 is 0. The first-order valence-electron chi connectivity index (χ1n) is 2.93. The van der Waals surface area contributed by atoms with E-state index in [0.717, 1.165) is 0 Å². The lowest BCUT2D eigenvalue weighted by Crippen LogP contribution is -2.37. The van der Waals surface area contributed by atoms with Crippen molar-refractivity contribution in [2.45, 2.75) is 12.2 Å². The molecular weight excluding hydrogens is 157 g/mol. The van der Waals surface area contributed by atoms with Crippen LogP contribution in [0, 0.1) is 0 Å². The highest BCUT2D eigenvalue weighted by Gasteiger charge is 2.35. The van der Waals surface area contributed by atoms with Crippen molar-refractivity contribution in [1.29, 1.82) is 0 Å². The zero-order valence-electron chi connectivity index (χ0n) is 5.57. The van der Waals surface area contributed by atoms with Crippen molar-refractivity contribution in [3.8, 4) is 0 Å². The van der Waals surface area contributed by atoms with Gasteiger partial charge in [-0.3, -0.25) is 5.73 Å². The van der Waals surface area contributed by atoms with E-state index in [9.17, 15) is 13.2 Å². The fraction of sp³-hybridized carbons (Fsp3) is 0.333. The minimum Gasteiger partial charge on any atom is -0.397 e. The van der Waals surface area contributed by atoms with E-state index in [1.54, 1.807) is 0 Å². The van der Waals surface area contributed by atoms with Crippen LogP contribution in [0.2, 0.25) is 0 Å². The number of hydrogen-bond acceptors (Lipinski definition) is 2. The summed E-state index contributed by atoms with van der Waals surface area (Å²) in [4.78, 5) is 0. The maximum absolute atomic E-state index is 12.7. The maximum atomic E-state index is 12.7. The molecule has 0 saturated carbocycles. The topological polar surface area (TPSA) is 52.0 Å². The highest BCUT2D eigenvalue weighted by atomic mass is 19.2. The smallest absolute Gasteiger partial charge is 0.217 e. The molecular formula is C6H7F3N2. The normalized spacial score (nSPS) is 32.2. The molecule has 0 aromatic carbocycles. The summed E-state index contributed by atoms with van der Waals surface area (Å²) in [5.41, 5.74) is 9.29. The lowest BCUT2D eigenvalue weighted by molar-refractivity contribution is 0.168. The van der Waals surface area contributed by atoms with Crippen LogP contribution in [0.3, 0.4) is 0 Å². The van der Waals surface area contributed by atoms with Crippen LogP contribution in [0.1, 0.15) is 6.42 Å². The molecule has 0 spiro atoms. The van der Waals surface area contributed by atoms with E-state index < -0.39 is 29.6 Å². The van der Waals surface area contributed by atoms with Gasteiger partial charge in [-0.15, -0.1) is 0 Å². The Morgan fingerprint density at radius 1 is 1.45 bits per heavy atom. The van der Waals surface area contributed by atoms with Crippen molar-refractivity contribution >= 4 is 0 Å². The van der Waals surface area contributed by atoms with Gasteiger partial charge in [0.1, 0.15) is 5.83 Å². The molecule has 1 aliphatic rings. The average molecular weight is 164 g/mol. The van der Waals surface area contributed by atoms with Gasteiger partial charge in [-0.1, -0.05) is 0 Å². The number of nitrogens with two attached hydrogens (primary N) is 2. The first kappa shape index (κ1) is 8.13.